The molecule has 1 N–H and O–H groups in total. The lowest BCUT2D eigenvalue weighted by Crippen LogP contribution is -2.16. The molecule has 0 bridgehead atoms. The molecule has 0 radical (unpaired) electrons. The van der Waals surface area contributed by atoms with Crippen molar-refractivity contribution in [1.82, 2.24) is 10.3 Å². The Balaban J connectivity index is 2.37. The van der Waals surface area contributed by atoms with Crippen molar-refractivity contribution in [3.8, 4) is 0 Å². The summed E-state index contributed by atoms with van der Waals surface area (Å²) in [6.07, 6.45) is 3.73. The molecule has 0 saturated carbocycles. The van der Waals surface area contributed by atoms with Gasteiger partial charge >= 0.3 is 0 Å². The van der Waals surface area contributed by atoms with E-state index in [0.29, 0.717) is 0 Å². The van der Waals surface area contributed by atoms with Gasteiger partial charge in [0, 0.05) is 22.1 Å². The summed E-state index contributed by atoms with van der Waals surface area (Å²) >= 11 is 1.85. The smallest absolute Gasteiger partial charge is 0.0683 e. The highest BCUT2D eigenvalue weighted by molar-refractivity contribution is 7.12. The minimum absolute atomic E-state index is 0.256. The topological polar surface area (TPSA) is 24.9 Å². The number of thiophene rings is 1. The van der Waals surface area contributed by atoms with E-state index in [1.807, 2.05) is 30.6 Å². The first-order valence-corrected chi connectivity index (χ1v) is 6.18. The number of nitrogens with zero attached hydrogens (tertiary/aromatic N) is 1. The van der Waals surface area contributed by atoms with Crippen LogP contribution in [0.5, 0.6) is 0 Å². The third kappa shape index (κ3) is 2.15. The molecular weight excluding hydrogens is 216 g/mol. The van der Waals surface area contributed by atoms with Gasteiger partial charge in [-0.05, 0) is 44.2 Å². The monoisotopic (exact) mass is 232 g/mol. The molecule has 2 aromatic heterocycles. The van der Waals surface area contributed by atoms with Gasteiger partial charge in [0.05, 0.1) is 6.04 Å². The number of aryl methyl sites for hydroxylation is 2. The highest BCUT2D eigenvalue weighted by Gasteiger charge is 2.14. The Bertz CT molecular complexity index is 443. The third-order valence-electron chi connectivity index (χ3n) is 2.78. The molecule has 84 valence electrons. The van der Waals surface area contributed by atoms with Crippen LogP contribution >= 0.6 is 11.3 Å². The molecule has 0 saturated heterocycles. The normalized spacial score (nSPS) is 12.7. The molecule has 2 heterocycles. The number of hydrogen-bond acceptors (Lipinski definition) is 3. The number of rotatable bonds is 3. The van der Waals surface area contributed by atoms with Crippen molar-refractivity contribution in [1.29, 1.82) is 0 Å². The van der Waals surface area contributed by atoms with Gasteiger partial charge in [-0.3, -0.25) is 4.98 Å². The van der Waals surface area contributed by atoms with Crippen LogP contribution in [-0.4, -0.2) is 12.0 Å². The van der Waals surface area contributed by atoms with E-state index >= 15 is 0 Å². The second-order valence-electron chi connectivity index (χ2n) is 3.90. The molecule has 0 aliphatic rings. The Morgan fingerprint density at radius 1 is 1.38 bits per heavy atom. The van der Waals surface area contributed by atoms with Gasteiger partial charge in [-0.2, -0.15) is 0 Å². The summed E-state index contributed by atoms with van der Waals surface area (Å²) in [6, 6.07) is 6.60. The summed E-state index contributed by atoms with van der Waals surface area (Å²) in [5, 5.41) is 3.35. The van der Waals surface area contributed by atoms with Gasteiger partial charge in [0.25, 0.3) is 0 Å². The highest BCUT2D eigenvalue weighted by Crippen LogP contribution is 2.29. The van der Waals surface area contributed by atoms with Gasteiger partial charge < -0.3 is 5.32 Å². The molecule has 0 spiro atoms. The van der Waals surface area contributed by atoms with Crippen molar-refractivity contribution in [2.24, 2.45) is 0 Å². The zero-order valence-corrected chi connectivity index (χ0v) is 10.6. The summed E-state index contributed by atoms with van der Waals surface area (Å²) in [5.74, 6) is 0. The molecule has 0 aromatic carbocycles. The maximum Gasteiger partial charge on any atom is 0.0683 e. The first-order chi connectivity index (χ1) is 7.72. The molecule has 1 unspecified atom stereocenters. The standard InChI is InChI=1S/C13H16N2S/c1-9-7-12(16-10(9)2)13(14-3)11-5-4-6-15-8-11/h4-8,13-14H,1-3H3. The molecule has 1 atom stereocenters. The van der Waals surface area contributed by atoms with Crippen molar-refractivity contribution < 1.29 is 0 Å². The molecule has 0 aliphatic carbocycles. The zero-order chi connectivity index (χ0) is 11.5. The lowest BCUT2D eigenvalue weighted by Gasteiger charge is -2.14. The molecule has 16 heavy (non-hydrogen) atoms. The van der Waals surface area contributed by atoms with Crippen molar-refractivity contribution in [2.45, 2.75) is 19.9 Å². The van der Waals surface area contributed by atoms with E-state index < -0.39 is 0 Å². The average molecular weight is 232 g/mol. The first-order valence-electron chi connectivity index (χ1n) is 5.36. The van der Waals surface area contributed by atoms with Crippen molar-refractivity contribution >= 4 is 11.3 Å². The lowest BCUT2D eigenvalue weighted by atomic mass is 10.1. The number of nitrogens with one attached hydrogen (secondary N) is 1. The zero-order valence-electron chi connectivity index (χ0n) is 9.82. The SMILES string of the molecule is CNC(c1cccnc1)c1cc(C)c(C)s1. The summed E-state index contributed by atoms with van der Waals surface area (Å²) < 4.78 is 0. The predicted octanol–water partition coefficient (Wildman–Crippen LogP) is 3.07. The quantitative estimate of drug-likeness (QED) is 0.879. The van der Waals surface area contributed by atoms with E-state index in [4.69, 9.17) is 0 Å². The average Bonchev–Trinajstić information content (AvgIpc) is 2.61. The van der Waals surface area contributed by atoms with Crippen LogP contribution in [0.25, 0.3) is 0 Å². The van der Waals surface area contributed by atoms with Crippen LogP contribution in [0, 0.1) is 13.8 Å². The summed E-state index contributed by atoms with van der Waals surface area (Å²) in [5.41, 5.74) is 2.58. The van der Waals surface area contributed by atoms with Crippen molar-refractivity contribution in [2.75, 3.05) is 7.05 Å². The lowest BCUT2D eigenvalue weighted by molar-refractivity contribution is 0.700. The van der Waals surface area contributed by atoms with Gasteiger partial charge in [-0.15, -0.1) is 11.3 Å². The van der Waals surface area contributed by atoms with Gasteiger partial charge in [-0.25, -0.2) is 0 Å². The van der Waals surface area contributed by atoms with Crippen molar-refractivity contribution in [3.05, 3.63) is 51.5 Å². The molecule has 0 amide bonds. The van der Waals surface area contributed by atoms with Crippen LogP contribution in [-0.2, 0) is 0 Å². The number of hydrogen-bond donors (Lipinski definition) is 1. The molecule has 2 rings (SSSR count). The minimum atomic E-state index is 0.256. The first kappa shape index (κ1) is 11.3. The third-order valence-corrected chi connectivity index (χ3v) is 3.99. The Labute approximate surface area is 100 Å². The molecule has 0 aliphatic heterocycles. The van der Waals surface area contributed by atoms with Gasteiger partial charge in [0.2, 0.25) is 0 Å². The number of aromatic nitrogens is 1. The largest absolute Gasteiger partial charge is 0.309 e. The summed E-state index contributed by atoms with van der Waals surface area (Å²) in [7, 11) is 1.99. The maximum atomic E-state index is 4.17. The van der Waals surface area contributed by atoms with E-state index in [-0.39, 0.29) is 6.04 Å². The minimum Gasteiger partial charge on any atom is -0.309 e. The van der Waals surface area contributed by atoms with Crippen LogP contribution in [0.2, 0.25) is 0 Å². The van der Waals surface area contributed by atoms with E-state index in [1.165, 1.54) is 20.9 Å². The second-order valence-corrected chi connectivity index (χ2v) is 5.18. The van der Waals surface area contributed by atoms with Gasteiger partial charge in [-0.1, -0.05) is 6.07 Å². The van der Waals surface area contributed by atoms with Crippen LogP contribution in [0.1, 0.15) is 26.9 Å². The van der Waals surface area contributed by atoms with Crippen LogP contribution < -0.4 is 5.32 Å². The molecule has 2 aromatic rings. The fourth-order valence-corrected chi connectivity index (χ4v) is 2.94. The fraction of sp³-hybridized carbons (Fsp3) is 0.308. The Kier molecular flexibility index (Phi) is 3.36. The number of pyridine rings is 1. The molecular formula is C13H16N2S. The van der Waals surface area contributed by atoms with Crippen LogP contribution in [0.4, 0.5) is 0 Å². The maximum absolute atomic E-state index is 4.17. The van der Waals surface area contributed by atoms with E-state index in [9.17, 15) is 0 Å². The molecule has 3 heteroatoms. The van der Waals surface area contributed by atoms with Crippen LogP contribution in [0.3, 0.4) is 0 Å². The Morgan fingerprint density at radius 3 is 2.69 bits per heavy atom. The Morgan fingerprint density at radius 2 is 2.19 bits per heavy atom. The van der Waals surface area contributed by atoms with E-state index in [1.54, 1.807) is 6.20 Å². The van der Waals surface area contributed by atoms with Crippen molar-refractivity contribution in [3.63, 3.8) is 0 Å². The highest BCUT2D eigenvalue weighted by atomic mass is 32.1. The predicted molar refractivity (Wildman–Crippen MR) is 68.9 cm³/mol. The second kappa shape index (κ2) is 4.76. The van der Waals surface area contributed by atoms with Gasteiger partial charge in [0.1, 0.15) is 0 Å². The Hall–Kier alpha value is -1.19. The summed E-state index contributed by atoms with van der Waals surface area (Å²) in [4.78, 5) is 6.91. The summed E-state index contributed by atoms with van der Waals surface area (Å²) in [6.45, 7) is 4.32. The van der Waals surface area contributed by atoms with Gasteiger partial charge in [0.15, 0.2) is 0 Å². The molecule has 2 nitrogen and oxygen atoms in total. The van der Waals surface area contributed by atoms with E-state index in [0.717, 1.165) is 0 Å². The fourth-order valence-electron chi connectivity index (χ4n) is 1.76. The molecule has 0 fully saturated rings. The van der Waals surface area contributed by atoms with Crippen LogP contribution in [0.15, 0.2) is 30.6 Å². The van der Waals surface area contributed by atoms with E-state index in [2.05, 4.69) is 36.3 Å².